The monoisotopic (exact) mass is 284 g/mol. The standard InChI is InChI=1S/C13H16O5S/c1-2-12(13(14)15)19(16,17)8-9-7-18-11-6-4-3-5-10(9)11/h3-6,9,12H,2,7-8H2,1H3,(H,14,15). The second-order valence-electron chi connectivity index (χ2n) is 4.61. The molecule has 0 radical (unpaired) electrons. The van der Waals surface area contributed by atoms with Crippen molar-refractivity contribution in [3.05, 3.63) is 29.8 Å². The Morgan fingerprint density at radius 2 is 2.16 bits per heavy atom. The molecule has 1 heterocycles. The van der Waals surface area contributed by atoms with E-state index in [9.17, 15) is 13.2 Å². The Kier molecular flexibility index (Phi) is 3.80. The molecule has 5 nitrogen and oxygen atoms in total. The van der Waals surface area contributed by atoms with Gasteiger partial charge >= 0.3 is 5.97 Å². The van der Waals surface area contributed by atoms with E-state index in [2.05, 4.69) is 0 Å². The smallest absolute Gasteiger partial charge is 0.321 e. The van der Waals surface area contributed by atoms with E-state index in [4.69, 9.17) is 9.84 Å². The minimum atomic E-state index is -3.68. The molecule has 0 saturated carbocycles. The average Bonchev–Trinajstić information content (AvgIpc) is 2.72. The topological polar surface area (TPSA) is 80.7 Å². The summed E-state index contributed by atoms with van der Waals surface area (Å²) in [5.74, 6) is -1.06. The van der Waals surface area contributed by atoms with E-state index >= 15 is 0 Å². The van der Waals surface area contributed by atoms with Gasteiger partial charge in [-0.25, -0.2) is 8.42 Å². The average molecular weight is 284 g/mol. The van der Waals surface area contributed by atoms with E-state index in [1.165, 1.54) is 0 Å². The van der Waals surface area contributed by atoms with Crippen LogP contribution in [-0.2, 0) is 14.6 Å². The van der Waals surface area contributed by atoms with Crippen molar-refractivity contribution in [3.8, 4) is 5.75 Å². The lowest BCUT2D eigenvalue weighted by Crippen LogP contribution is -2.33. The molecule has 0 aromatic heterocycles. The number of fused-ring (bicyclic) bond motifs is 1. The highest BCUT2D eigenvalue weighted by atomic mass is 32.2. The Morgan fingerprint density at radius 1 is 1.47 bits per heavy atom. The van der Waals surface area contributed by atoms with Crippen LogP contribution in [-0.4, -0.2) is 37.1 Å². The maximum absolute atomic E-state index is 12.1. The molecule has 0 aliphatic carbocycles. The Morgan fingerprint density at radius 3 is 2.79 bits per heavy atom. The van der Waals surface area contributed by atoms with Crippen LogP contribution in [0.2, 0.25) is 0 Å². The largest absolute Gasteiger partial charge is 0.493 e. The molecule has 0 fully saturated rings. The van der Waals surface area contributed by atoms with Gasteiger partial charge in [-0.05, 0) is 12.5 Å². The lowest BCUT2D eigenvalue weighted by atomic mass is 10.0. The van der Waals surface area contributed by atoms with E-state index in [1.54, 1.807) is 13.0 Å². The molecule has 1 aromatic carbocycles. The number of aliphatic carboxylic acids is 1. The third kappa shape index (κ3) is 2.73. The van der Waals surface area contributed by atoms with Crippen LogP contribution in [0.1, 0.15) is 24.8 Å². The van der Waals surface area contributed by atoms with Gasteiger partial charge in [-0.2, -0.15) is 0 Å². The van der Waals surface area contributed by atoms with Crippen molar-refractivity contribution in [2.24, 2.45) is 0 Å². The second-order valence-corrected chi connectivity index (χ2v) is 6.84. The lowest BCUT2D eigenvalue weighted by molar-refractivity contribution is -0.136. The van der Waals surface area contributed by atoms with Crippen molar-refractivity contribution in [1.29, 1.82) is 0 Å². The van der Waals surface area contributed by atoms with Gasteiger partial charge < -0.3 is 9.84 Å². The highest BCUT2D eigenvalue weighted by molar-refractivity contribution is 7.92. The molecule has 0 spiro atoms. The molecule has 0 amide bonds. The van der Waals surface area contributed by atoms with Crippen LogP contribution in [0.15, 0.2) is 24.3 Å². The highest BCUT2D eigenvalue weighted by Gasteiger charge is 2.36. The summed E-state index contributed by atoms with van der Waals surface area (Å²) < 4.78 is 29.7. The summed E-state index contributed by atoms with van der Waals surface area (Å²) in [6.45, 7) is 1.85. The van der Waals surface area contributed by atoms with Crippen molar-refractivity contribution in [1.82, 2.24) is 0 Å². The van der Waals surface area contributed by atoms with E-state index in [0.29, 0.717) is 5.75 Å². The number of carbonyl (C=O) groups is 1. The van der Waals surface area contributed by atoms with Gasteiger partial charge in [0.15, 0.2) is 15.1 Å². The Balaban J connectivity index is 2.21. The zero-order valence-corrected chi connectivity index (χ0v) is 11.4. The molecule has 2 rings (SSSR count). The van der Waals surface area contributed by atoms with E-state index in [1.807, 2.05) is 18.2 Å². The minimum Gasteiger partial charge on any atom is -0.493 e. The Bertz CT molecular complexity index is 578. The summed E-state index contributed by atoms with van der Waals surface area (Å²) in [5, 5.41) is 7.63. The number of sulfone groups is 1. The molecule has 104 valence electrons. The molecular formula is C13H16O5S. The van der Waals surface area contributed by atoms with Gasteiger partial charge in [0.1, 0.15) is 5.75 Å². The molecule has 0 bridgehead atoms. The maximum atomic E-state index is 12.1. The van der Waals surface area contributed by atoms with Crippen LogP contribution in [0.5, 0.6) is 5.75 Å². The molecule has 0 saturated heterocycles. The lowest BCUT2D eigenvalue weighted by Gasteiger charge is -2.14. The minimum absolute atomic E-state index is 0.0763. The predicted octanol–water partition coefficient (Wildman–Crippen LogP) is 1.44. The van der Waals surface area contributed by atoms with Crippen molar-refractivity contribution < 1.29 is 23.1 Å². The molecule has 1 aromatic rings. The van der Waals surface area contributed by atoms with Crippen LogP contribution >= 0.6 is 0 Å². The number of benzene rings is 1. The van der Waals surface area contributed by atoms with Crippen LogP contribution in [0, 0.1) is 0 Å². The summed E-state index contributed by atoms with van der Waals surface area (Å²) in [6, 6.07) is 7.25. The van der Waals surface area contributed by atoms with E-state index in [0.717, 1.165) is 5.56 Å². The van der Waals surface area contributed by atoms with Crippen LogP contribution in [0.3, 0.4) is 0 Å². The summed E-state index contributed by atoms with van der Waals surface area (Å²) in [5.41, 5.74) is 0.839. The van der Waals surface area contributed by atoms with Gasteiger partial charge in [0.25, 0.3) is 0 Å². The first-order valence-corrected chi connectivity index (χ1v) is 7.83. The molecule has 1 aliphatic heterocycles. The van der Waals surface area contributed by atoms with Gasteiger partial charge in [-0.1, -0.05) is 25.1 Å². The summed E-state index contributed by atoms with van der Waals surface area (Å²) in [4.78, 5) is 11.0. The normalized spacial score (nSPS) is 19.5. The zero-order valence-electron chi connectivity index (χ0n) is 10.6. The molecule has 2 atom stereocenters. The van der Waals surface area contributed by atoms with Crippen molar-refractivity contribution in [2.75, 3.05) is 12.4 Å². The summed E-state index contributed by atoms with van der Waals surface area (Å²) in [7, 11) is -3.68. The molecule has 2 unspecified atom stereocenters. The number of para-hydroxylation sites is 1. The van der Waals surface area contributed by atoms with Gasteiger partial charge in [-0.15, -0.1) is 0 Å². The zero-order chi connectivity index (χ0) is 14.0. The van der Waals surface area contributed by atoms with Crippen molar-refractivity contribution in [2.45, 2.75) is 24.5 Å². The number of carboxylic acid groups (broad SMARTS) is 1. The maximum Gasteiger partial charge on any atom is 0.321 e. The fraction of sp³-hybridized carbons (Fsp3) is 0.462. The van der Waals surface area contributed by atoms with E-state index in [-0.39, 0.29) is 24.7 Å². The van der Waals surface area contributed by atoms with Gasteiger partial charge in [-0.3, -0.25) is 4.79 Å². The molecule has 1 aliphatic rings. The summed E-state index contributed by atoms with van der Waals surface area (Å²) in [6.07, 6.45) is 0.0763. The summed E-state index contributed by atoms with van der Waals surface area (Å²) >= 11 is 0. The number of hydrogen-bond donors (Lipinski definition) is 1. The number of carboxylic acids is 1. The van der Waals surface area contributed by atoms with Crippen molar-refractivity contribution in [3.63, 3.8) is 0 Å². The SMILES string of the molecule is CCC(C(=O)O)S(=O)(=O)CC1COc2ccccc21. The van der Waals surface area contributed by atoms with Crippen LogP contribution < -0.4 is 4.74 Å². The number of hydrogen-bond acceptors (Lipinski definition) is 4. The fourth-order valence-electron chi connectivity index (χ4n) is 2.35. The second kappa shape index (κ2) is 5.21. The highest BCUT2D eigenvalue weighted by Crippen LogP contribution is 2.34. The van der Waals surface area contributed by atoms with Gasteiger partial charge in [0.05, 0.1) is 12.4 Å². The molecule has 1 N–H and O–H groups in total. The Hall–Kier alpha value is -1.56. The van der Waals surface area contributed by atoms with Crippen LogP contribution in [0.25, 0.3) is 0 Å². The molecule has 19 heavy (non-hydrogen) atoms. The first kappa shape index (κ1) is 13.9. The molecular weight excluding hydrogens is 268 g/mol. The molecule has 6 heteroatoms. The Labute approximate surface area is 112 Å². The van der Waals surface area contributed by atoms with E-state index < -0.39 is 21.1 Å². The predicted molar refractivity (Wildman–Crippen MR) is 70.2 cm³/mol. The van der Waals surface area contributed by atoms with Crippen LogP contribution in [0.4, 0.5) is 0 Å². The van der Waals surface area contributed by atoms with Crippen molar-refractivity contribution >= 4 is 15.8 Å². The number of rotatable bonds is 5. The first-order valence-electron chi connectivity index (χ1n) is 6.11. The van der Waals surface area contributed by atoms with Gasteiger partial charge in [0, 0.05) is 11.5 Å². The quantitative estimate of drug-likeness (QED) is 0.885. The van der Waals surface area contributed by atoms with Gasteiger partial charge in [0.2, 0.25) is 0 Å². The third-order valence-electron chi connectivity index (χ3n) is 3.31. The fourth-order valence-corrected chi connectivity index (χ4v) is 4.23. The first-order chi connectivity index (χ1) is 8.95. The number of ether oxygens (including phenoxy) is 1. The third-order valence-corrected chi connectivity index (χ3v) is 5.58.